The first-order valence-corrected chi connectivity index (χ1v) is 6.77. The average molecular weight is 250 g/mol. The number of hydrogen-bond acceptors (Lipinski definition) is 2. The SMILES string of the molecule is C=N/C=C(/C)C(=C)N(C)C(CCC)CC(C)(C)C. The molecule has 0 fully saturated rings. The minimum absolute atomic E-state index is 0.336. The van der Waals surface area contributed by atoms with Gasteiger partial charge in [0.15, 0.2) is 0 Å². The molecule has 0 aromatic rings. The van der Waals surface area contributed by atoms with Crippen LogP contribution in [-0.2, 0) is 0 Å². The summed E-state index contributed by atoms with van der Waals surface area (Å²) in [5.41, 5.74) is 2.47. The van der Waals surface area contributed by atoms with Crippen LogP contribution in [0.25, 0.3) is 0 Å². The highest BCUT2D eigenvalue weighted by molar-refractivity contribution is 5.31. The Labute approximate surface area is 113 Å². The fourth-order valence-electron chi connectivity index (χ4n) is 2.18. The molecule has 0 bridgehead atoms. The van der Waals surface area contributed by atoms with Crippen molar-refractivity contribution in [3.8, 4) is 0 Å². The number of aliphatic imine (C=N–C) groups is 1. The topological polar surface area (TPSA) is 15.6 Å². The van der Waals surface area contributed by atoms with Crippen LogP contribution in [0.1, 0.15) is 53.9 Å². The molecule has 0 amide bonds. The van der Waals surface area contributed by atoms with Gasteiger partial charge < -0.3 is 4.90 Å². The summed E-state index contributed by atoms with van der Waals surface area (Å²) in [7, 11) is 2.13. The largest absolute Gasteiger partial charge is 0.372 e. The Morgan fingerprint density at radius 3 is 2.33 bits per heavy atom. The Morgan fingerprint density at radius 1 is 1.39 bits per heavy atom. The fourth-order valence-corrected chi connectivity index (χ4v) is 2.18. The maximum Gasteiger partial charge on any atom is 0.0338 e. The van der Waals surface area contributed by atoms with Gasteiger partial charge in [-0.25, -0.2) is 0 Å². The van der Waals surface area contributed by atoms with Crippen molar-refractivity contribution in [2.24, 2.45) is 10.4 Å². The lowest BCUT2D eigenvalue weighted by Crippen LogP contribution is -2.34. The zero-order valence-corrected chi connectivity index (χ0v) is 13.1. The normalized spacial score (nSPS) is 14.2. The average Bonchev–Trinajstić information content (AvgIpc) is 2.25. The van der Waals surface area contributed by atoms with E-state index in [1.807, 2.05) is 6.92 Å². The van der Waals surface area contributed by atoms with Gasteiger partial charge in [-0.05, 0) is 37.5 Å². The zero-order chi connectivity index (χ0) is 14.3. The summed E-state index contributed by atoms with van der Waals surface area (Å²) in [5.74, 6) is 0. The third-order valence-corrected chi connectivity index (χ3v) is 3.18. The second kappa shape index (κ2) is 7.40. The van der Waals surface area contributed by atoms with E-state index in [1.54, 1.807) is 6.20 Å². The molecule has 2 nitrogen and oxygen atoms in total. The summed E-state index contributed by atoms with van der Waals surface area (Å²) in [6.07, 6.45) is 5.34. The minimum Gasteiger partial charge on any atom is -0.372 e. The molecule has 0 heterocycles. The van der Waals surface area contributed by atoms with Crippen LogP contribution in [0, 0.1) is 5.41 Å². The highest BCUT2D eigenvalue weighted by atomic mass is 15.1. The van der Waals surface area contributed by atoms with Gasteiger partial charge in [-0.2, -0.15) is 0 Å². The second-order valence-electron chi connectivity index (χ2n) is 6.26. The van der Waals surface area contributed by atoms with Crippen LogP contribution in [-0.4, -0.2) is 24.7 Å². The summed E-state index contributed by atoms with van der Waals surface area (Å²) in [6, 6.07) is 0.538. The molecule has 0 N–H and O–H groups in total. The van der Waals surface area contributed by atoms with E-state index in [-0.39, 0.29) is 0 Å². The number of rotatable bonds is 7. The molecule has 0 aromatic carbocycles. The van der Waals surface area contributed by atoms with Crippen LogP contribution in [0.5, 0.6) is 0 Å². The smallest absolute Gasteiger partial charge is 0.0338 e. The molecule has 0 aromatic heterocycles. The molecule has 0 aliphatic carbocycles. The lowest BCUT2D eigenvalue weighted by molar-refractivity contribution is 0.207. The summed E-state index contributed by atoms with van der Waals surface area (Å²) in [5, 5.41) is 0. The maximum absolute atomic E-state index is 4.18. The van der Waals surface area contributed by atoms with E-state index >= 15 is 0 Å². The standard InChI is InChI=1S/C16H30N2/c1-9-10-15(11-16(4,5)6)18(8)14(3)13(2)12-17-7/h12,15H,3,7,9-11H2,1-2,4-6,8H3/b13-12-. The Kier molecular flexibility index (Phi) is 6.97. The molecule has 0 aliphatic heterocycles. The van der Waals surface area contributed by atoms with Crippen molar-refractivity contribution >= 4 is 6.72 Å². The van der Waals surface area contributed by atoms with Gasteiger partial charge in [0.25, 0.3) is 0 Å². The van der Waals surface area contributed by atoms with Gasteiger partial charge >= 0.3 is 0 Å². The Morgan fingerprint density at radius 2 is 1.94 bits per heavy atom. The van der Waals surface area contributed by atoms with Gasteiger partial charge in [0.1, 0.15) is 0 Å². The number of hydrogen-bond donors (Lipinski definition) is 0. The van der Waals surface area contributed by atoms with Crippen LogP contribution in [0.4, 0.5) is 0 Å². The minimum atomic E-state index is 0.336. The molecular formula is C16H30N2. The first-order valence-electron chi connectivity index (χ1n) is 6.77. The van der Waals surface area contributed by atoms with Crippen molar-refractivity contribution in [3.63, 3.8) is 0 Å². The first-order chi connectivity index (χ1) is 8.22. The van der Waals surface area contributed by atoms with E-state index in [0.717, 1.165) is 11.3 Å². The fraction of sp³-hybridized carbons (Fsp3) is 0.688. The second-order valence-corrected chi connectivity index (χ2v) is 6.26. The zero-order valence-electron chi connectivity index (χ0n) is 13.1. The predicted octanol–water partition coefficient (Wildman–Crippen LogP) is 4.64. The maximum atomic E-state index is 4.18. The van der Waals surface area contributed by atoms with E-state index in [2.05, 4.69) is 57.9 Å². The van der Waals surface area contributed by atoms with E-state index in [1.165, 1.54) is 19.3 Å². The molecule has 2 heteroatoms. The lowest BCUT2D eigenvalue weighted by Gasteiger charge is -2.36. The van der Waals surface area contributed by atoms with Crippen molar-refractivity contribution in [1.82, 2.24) is 4.90 Å². The van der Waals surface area contributed by atoms with Gasteiger partial charge in [-0.1, -0.05) is 40.7 Å². The molecule has 0 rings (SSSR count). The van der Waals surface area contributed by atoms with Crippen molar-refractivity contribution in [2.45, 2.75) is 59.9 Å². The van der Waals surface area contributed by atoms with Gasteiger partial charge in [0.05, 0.1) is 0 Å². The van der Waals surface area contributed by atoms with Crippen molar-refractivity contribution in [3.05, 3.63) is 24.0 Å². The summed E-state index contributed by atoms with van der Waals surface area (Å²) in [6.45, 7) is 18.8. The van der Waals surface area contributed by atoms with Gasteiger partial charge in [0.2, 0.25) is 0 Å². The molecule has 104 valence electrons. The van der Waals surface area contributed by atoms with Gasteiger partial charge in [-0.3, -0.25) is 4.99 Å². The third kappa shape index (κ3) is 6.04. The predicted molar refractivity (Wildman–Crippen MR) is 83.0 cm³/mol. The number of nitrogens with zero attached hydrogens (tertiary/aromatic N) is 2. The van der Waals surface area contributed by atoms with E-state index in [4.69, 9.17) is 0 Å². The quantitative estimate of drug-likeness (QED) is 0.474. The number of likely N-dealkylation sites (N-methyl/N-ethyl adjacent to an activating group) is 1. The summed E-state index contributed by atoms with van der Waals surface area (Å²) < 4.78 is 0. The first kappa shape index (κ1) is 16.9. The molecule has 0 saturated heterocycles. The monoisotopic (exact) mass is 250 g/mol. The molecule has 0 radical (unpaired) electrons. The molecule has 1 atom stereocenters. The Bertz CT molecular complexity index is 308. The van der Waals surface area contributed by atoms with E-state index in [0.29, 0.717) is 11.5 Å². The third-order valence-electron chi connectivity index (χ3n) is 3.18. The van der Waals surface area contributed by atoms with Crippen LogP contribution in [0.15, 0.2) is 29.0 Å². The molecule has 0 aliphatic rings. The van der Waals surface area contributed by atoms with E-state index < -0.39 is 0 Å². The summed E-state index contributed by atoms with van der Waals surface area (Å²) >= 11 is 0. The molecule has 0 spiro atoms. The van der Waals surface area contributed by atoms with Crippen LogP contribution >= 0.6 is 0 Å². The van der Waals surface area contributed by atoms with Crippen LogP contribution < -0.4 is 0 Å². The molecular weight excluding hydrogens is 220 g/mol. The van der Waals surface area contributed by atoms with Gasteiger partial charge in [0, 0.05) is 25.0 Å². The molecule has 0 saturated carbocycles. The highest BCUT2D eigenvalue weighted by Crippen LogP contribution is 2.28. The van der Waals surface area contributed by atoms with E-state index in [9.17, 15) is 0 Å². The van der Waals surface area contributed by atoms with Crippen LogP contribution in [0.2, 0.25) is 0 Å². The Hall–Kier alpha value is -1.05. The van der Waals surface area contributed by atoms with Gasteiger partial charge in [-0.15, -0.1) is 0 Å². The number of allylic oxidation sites excluding steroid dienone is 1. The lowest BCUT2D eigenvalue weighted by atomic mass is 9.85. The Balaban J connectivity index is 4.85. The molecule has 18 heavy (non-hydrogen) atoms. The van der Waals surface area contributed by atoms with Crippen molar-refractivity contribution in [2.75, 3.05) is 7.05 Å². The highest BCUT2D eigenvalue weighted by Gasteiger charge is 2.22. The van der Waals surface area contributed by atoms with Crippen molar-refractivity contribution < 1.29 is 0 Å². The summed E-state index contributed by atoms with van der Waals surface area (Å²) in [4.78, 5) is 6.12. The van der Waals surface area contributed by atoms with Crippen LogP contribution in [0.3, 0.4) is 0 Å². The molecule has 1 unspecified atom stereocenters. The van der Waals surface area contributed by atoms with Crippen molar-refractivity contribution in [1.29, 1.82) is 0 Å².